The second kappa shape index (κ2) is 7.70. The molecule has 1 aliphatic carbocycles. The molecule has 0 aromatic carbocycles. The molecule has 0 bridgehead atoms. The van der Waals surface area contributed by atoms with E-state index in [0.29, 0.717) is 12.1 Å². The minimum atomic E-state index is 0.373. The fraction of sp³-hybridized carbons (Fsp3) is 0.857. The summed E-state index contributed by atoms with van der Waals surface area (Å²) < 4.78 is 5.89. The summed E-state index contributed by atoms with van der Waals surface area (Å²) in [5.41, 5.74) is 0. The Hall–Kier alpha value is -0.520. The summed E-state index contributed by atoms with van der Waals surface area (Å²) in [6, 6.07) is 0.417. The third-order valence-corrected chi connectivity index (χ3v) is 3.00. The van der Waals surface area contributed by atoms with Gasteiger partial charge in [-0.05, 0) is 45.6 Å². The fourth-order valence-corrected chi connectivity index (χ4v) is 2.04. The number of nitrogens with one attached hydrogen (secondary N) is 1. The lowest BCUT2D eigenvalue weighted by Crippen LogP contribution is -2.43. The highest BCUT2D eigenvalue weighted by atomic mass is 16.5. The van der Waals surface area contributed by atoms with Crippen molar-refractivity contribution in [3.05, 3.63) is 0 Å². The van der Waals surface area contributed by atoms with Gasteiger partial charge in [0.1, 0.15) is 0 Å². The van der Waals surface area contributed by atoms with Crippen molar-refractivity contribution in [3.63, 3.8) is 0 Å². The van der Waals surface area contributed by atoms with E-state index in [1.165, 1.54) is 19.3 Å². The molecule has 0 heterocycles. The molecule has 0 radical (unpaired) electrons. The van der Waals surface area contributed by atoms with E-state index in [-0.39, 0.29) is 0 Å². The Morgan fingerprint density at radius 3 is 2.62 bits per heavy atom. The molecule has 0 aromatic rings. The third kappa shape index (κ3) is 4.55. The van der Waals surface area contributed by atoms with Crippen molar-refractivity contribution in [2.75, 3.05) is 13.2 Å². The van der Waals surface area contributed by atoms with Crippen LogP contribution < -0.4 is 5.32 Å². The van der Waals surface area contributed by atoms with Gasteiger partial charge in [0.25, 0.3) is 0 Å². The molecule has 0 aliphatic heterocycles. The van der Waals surface area contributed by atoms with Crippen LogP contribution in [0.3, 0.4) is 0 Å². The van der Waals surface area contributed by atoms with Gasteiger partial charge >= 0.3 is 0 Å². The Morgan fingerprint density at radius 1 is 1.38 bits per heavy atom. The molecule has 16 heavy (non-hydrogen) atoms. The summed E-state index contributed by atoms with van der Waals surface area (Å²) in [5.74, 6) is 6.94. The molecule has 1 aliphatic rings. The molecule has 1 N–H and O–H groups in total. The van der Waals surface area contributed by atoms with Crippen LogP contribution in [0, 0.1) is 17.8 Å². The van der Waals surface area contributed by atoms with E-state index in [1.807, 2.05) is 6.92 Å². The first-order chi connectivity index (χ1) is 7.83. The van der Waals surface area contributed by atoms with Gasteiger partial charge in [0.2, 0.25) is 0 Å². The average molecular weight is 223 g/mol. The first-order valence-corrected chi connectivity index (χ1v) is 6.58. The van der Waals surface area contributed by atoms with Gasteiger partial charge in [0, 0.05) is 19.1 Å². The van der Waals surface area contributed by atoms with E-state index in [2.05, 4.69) is 31.0 Å². The SMILES string of the molecule is CC#CCC(NCCC)C(OCC)C1CC1. The van der Waals surface area contributed by atoms with Crippen molar-refractivity contribution in [3.8, 4) is 11.8 Å². The molecule has 0 saturated heterocycles. The maximum atomic E-state index is 5.89. The monoisotopic (exact) mass is 223 g/mol. The van der Waals surface area contributed by atoms with Crippen LogP contribution in [0.5, 0.6) is 0 Å². The molecule has 2 unspecified atom stereocenters. The van der Waals surface area contributed by atoms with Gasteiger partial charge in [-0.25, -0.2) is 0 Å². The summed E-state index contributed by atoms with van der Waals surface area (Å²) in [6.45, 7) is 8.06. The number of rotatable bonds is 8. The summed E-state index contributed by atoms with van der Waals surface area (Å²) in [4.78, 5) is 0. The molecule has 92 valence electrons. The Balaban J connectivity index is 2.49. The van der Waals surface area contributed by atoms with Gasteiger partial charge in [-0.1, -0.05) is 6.92 Å². The van der Waals surface area contributed by atoms with E-state index in [9.17, 15) is 0 Å². The van der Waals surface area contributed by atoms with Crippen molar-refractivity contribution in [2.24, 2.45) is 5.92 Å². The Labute approximate surface area is 100 Å². The standard InChI is InChI=1S/C14H25NO/c1-4-7-8-13(15-11-5-2)14(16-6-3)12-9-10-12/h12-15H,5-6,8-11H2,1-3H3. The lowest BCUT2D eigenvalue weighted by Gasteiger charge is -2.26. The normalized spacial score (nSPS) is 18.7. The molecule has 2 atom stereocenters. The summed E-state index contributed by atoms with van der Waals surface area (Å²) >= 11 is 0. The zero-order chi connectivity index (χ0) is 11.8. The first-order valence-electron chi connectivity index (χ1n) is 6.58. The first kappa shape index (κ1) is 13.5. The van der Waals surface area contributed by atoms with E-state index in [0.717, 1.165) is 25.5 Å². The quantitative estimate of drug-likeness (QED) is 0.639. The van der Waals surface area contributed by atoms with E-state index >= 15 is 0 Å². The van der Waals surface area contributed by atoms with Gasteiger partial charge < -0.3 is 10.1 Å². The van der Waals surface area contributed by atoms with Crippen LogP contribution in [-0.2, 0) is 4.74 Å². The maximum Gasteiger partial charge on any atom is 0.0765 e. The van der Waals surface area contributed by atoms with Crippen LogP contribution in [0.15, 0.2) is 0 Å². The van der Waals surface area contributed by atoms with Crippen molar-refractivity contribution >= 4 is 0 Å². The molecule has 2 nitrogen and oxygen atoms in total. The number of ether oxygens (including phenoxy) is 1. The van der Waals surface area contributed by atoms with E-state index in [1.54, 1.807) is 0 Å². The molecular formula is C14H25NO. The van der Waals surface area contributed by atoms with Crippen molar-refractivity contribution in [1.82, 2.24) is 5.32 Å². The van der Waals surface area contributed by atoms with Gasteiger partial charge in [0.05, 0.1) is 6.10 Å². The second-order valence-electron chi connectivity index (χ2n) is 4.45. The van der Waals surface area contributed by atoms with Crippen LogP contribution in [0.25, 0.3) is 0 Å². The van der Waals surface area contributed by atoms with Gasteiger partial charge in [-0.15, -0.1) is 11.8 Å². The predicted molar refractivity (Wildman–Crippen MR) is 68.3 cm³/mol. The van der Waals surface area contributed by atoms with Gasteiger partial charge in [-0.3, -0.25) is 0 Å². The highest BCUT2D eigenvalue weighted by Crippen LogP contribution is 2.36. The maximum absolute atomic E-state index is 5.89. The molecule has 2 heteroatoms. The van der Waals surface area contributed by atoms with E-state index in [4.69, 9.17) is 4.74 Å². The van der Waals surface area contributed by atoms with Crippen LogP contribution >= 0.6 is 0 Å². The van der Waals surface area contributed by atoms with Crippen LogP contribution in [0.2, 0.25) is 0 Å². The number of hydrogen-bond donors (Lipinski definition) is 1. The summed E-state index contributed by atoms with van der Waals surface area (Å²) in [5, 5.41) is 3.58. The van der Waals surface area contributed by atoms with Crippen LogP contribution in [0.4, 0.5) is 0 Å². The number of hydrogen-bond acceptors (Lipinski definition) is 2. The summed E-state index contributed by atoms with van der Waals surface area (Å²) in [6.07, 6.45) is 5.11. The molecule has 0 amide bonds. The summed E-state index contributed by atoms with van der Waals surface area (Å²) in [7, 11) is 0. The smallest absolute Gasteiger partial charge is 0.0765 e. The fourth-order valence-electron chi connectivity index (χ4n) is 2.04. The van der Waals surface area contributed by atoms with Crippen LogP contribution in [-0.4, -0.2) is 25.3 Å². The zero-order valence-corrected chi connectivity index (χ0v) is 10.9. The van der Waals surface area contributed by atoms with Gasteiger partial charge in [0.15, 0.2) is 0 Å². The lowest BCUT2D eigenvalue weighted by molar-refractivity contribution is 0.0204. The molecule has 1 saturated carbocycles. The third-order valence-electron chi connectivity index (χ3n) is 3.00. The Morgan fingerprint density at radius 2 is 2.12 bits per heavy atom. The van der Waals surface area contributed by atoms with Crippen molar-refractivity contribution < 1.29 is 4.74 Å². The van der Waals surface area contributed by atoms with Crippen molar-refractivity contribution in [1.29, 1.82) is 0 Å². The minimum Gasteiger partial charge on any atom is -0.377 e. The molecule has 1 rings (SSSR count). The second-order valence-corrected chi connectivity index (χ2v) is 4.45. The minimum absolute atomic E-state index is 0.373. The average Bonchev–Trinajstić information content (AvgIpc) is 3.11. The Bertz CT molecular complexity index is 237. The van der Waals surface area contributed by atoms with E-state index < -0.39 is 0 Å². The molecule has 0 spiro atoms. The lowest BCUT2D eigenvalue weighted by atomic mass is 10.0. The highest BCUT2D eigenvalue weighted by Gasteiger charge is 2.36. The van der Waals surface area contributed by atoms with Crippen LogP contribution in [0.1, 0.15) is 46.5 Å². The van der Waals surface area contributed by atoms with Crippen molar-refractivity contribution in [2.45, 2.75) is 58.6 Å². The highest BCUT2D eigenvalue weighted by molar-refractivity contribution is 5.02. The Kier molecular flexibility index (Phi) is 6.52. The molecular weight excluding hydrogens is 198 g/mol. The topological polar surface area (TPSA) is 21.3 Å². The molecule has 0 aromatic heterocycles. The van der Waals surface area contributed by atoms with Gasteiger partial charge in [-0.2, -0.15) is 0 Å². The molecule has 1 fully saturated rings. The predicted octanol–water partition coefficient (Wildman–Crippen LogP) is 2.58. The zero-order valence-electron chi connectivity index (χ0n) is 10.9. The largest absolute Gasteiger partial charge is 0.377 e.